The Morgan fingerprint density at radius 1 is 1.26 bits per heavy atom. The van der Waals surface area contributed by atoms with Crippen LogP contribution in [0.1, 0.15) is 58.2 Å². The van der Waals surface area contributed by atoms with Crippen molar-refractivity contribution in [1.29, 1.82) is 0 Å². The van der Waals surface area contributed by atoms with Crippen molar-refractivity contribution in [2.24, 2.45) is 7.05 Å². The molecular weight excluding hydrogens is 401 g/mol. The van der Waals surface area contributed by atoms with Gasteiger partial charge in [0.25, 0.3) is 0 Å². The lowest BCUT2D eigenvalue weighted by atomic mass is 9.97. The first kappa shape index (κ1) is 21.3. The number of aryl methyl sites for hydroxylation is 2. The van der Waals surface area contributed by atoms with Crippen molar-refractivity contribution < 1.29 is 18.4 Å². The van der Waals surface area contributed by atoms with Crippen LogP contribution < -0.4 is 0 Å². The normalized spacial score (nSPS) is 15.6. The Morgan fingerprint density at radius 3 is 2.61 bits per heavy atom. The number of ether oxygens (including phenoxy) is 1. The maximum atomic E-state index is 14.8. The lowest BCUT2D eigenvalue weighted by molar-refractivity contribution is 0.0198. The number of imidazole rings is 1. The van der Waals surface area contributed by atoms with Crippen LogP contribution in [0.25, 0.3) is 22.4 Å². The molecule has 8 nitrogen and oxygen atoms in total. The second-order valence-electron chi connectivity index (χ2n) is 8.93. The molecule has 1 saturated heterocycles. The molecule has 9 heteroatoms. The summed E-state index contributed by atoms with van der Waals surface area (Å²) in [6.07, 6.45) is 1.78. The molecule has 0 saturated carbocycles. The highest BCUT2D eigenvalue weighted by Crippen LogP contribution is 2.33. The maximum absolute atomic E-state index is 14.8. The number of rotatable bonds is 3. The fourth-order valence-electron chi connectivity index (χ4n) is 4.00. The molecule has 2 aromatic heterocycles. The average molecular weight is 429 g/mol. The third kappa shape index (κ3) is 4.13. The van der Waals surface area contributed by atoms with E-state index in [1.165, 1.54) is 6.07 Å². The molecular formula is C22H28FN5O3. The number of nitrogens with zero attached hydrogens (tertiary/aromatic N) is 5. The minimum atomic E-state index is -0.524. The summed E-state index contributed by atoms with van der Waals surface area (Å²) in [6, 6.07) is 3.06. The van der Waals surface area contributed by atoms with Gasteiger partial charge in [-0.05, 0) is 45.7 Å². The first-order chi connectivity index (χ1) is 14.7. The van der Waals surface area contributed by atoms with Crippen molar-refractivity contribution >= 4 is 17.1 Å². The van der Waals surface area contributed by atoms with Crippen molar-refractivity contribution in [3.8, 4) is 11.4 Å². The first-order valence-electron chi connectivity index (χ1n) is 10.6. The molecule has 166 valence electrons. The van der Waals surface area contributed by atoms with E-state index in [4.69, 9.17) is 9.26 Å². The zero-order chi connectivity index (χ0) is 22.3. The highest BCUT2D eigenvalue weighted by atomic mass is 19.1. The predicted octanol–water partition coefficient (Wildman–Crippen LogP) is 4.44. The van der Waals surface area contributed by atoms with E-state index in [0.29, 0.717) is 48.4 Å². The van der Waals surface area contributed by atoms with Gasteiger partial charge < -0.3 is 18.7 Å². The van der Waals surface area contributed by atoms with Crippen molar-refractivity contribution in [1.82, 2.24) is 24.6 Å². The summed E-state index contributed by atoms with van der Waals surface area (Å²) in [4.78, 5) is 23.1. The lowest BCUT2D eigenvalue weighted by Gasteiger charge is -2.32. The van der Waals surface area contributed by atoms with Crippen molar-refractivity contribution in [2.45, 2.75) is 58.5 Å². The van der Waals surface area contributed by atoms with E-state index in [9.17, 15) is 9.18 Å². The Morgan fingerprint density at radius 2 is 1.97 bits per heavy atom. The molecule has 0 spiro atoms. The minimum Gasteiger partial charge on any atom is -0.444 e. The Labute approximate surface area is 180 Å². The molecule has 1 aliphatic heterocycles. The molecule has 0 N–H and O–H groups in total. The monoisotopic (exact) mass is 429 g/mol. The third-order valence-electron chi connectivity index (χ3n) is 5.56. The fourth-order valence-corrected chi connectivity index (χ4v) is 4.00. The molecule has 1 aliphatic rings. The summed E-state index contributed by atoms with van der Waals surface area (Å²) in [5.41, 5.74) is 1.13. The van der Waals surface area contributed by atoms with Gasteiger partial charge in [0, 0.05) is 32.5 Å². The van der Waals surface area contributed by atoms with Crippen LogP contribution in [-0.2, 0) is 18.2 Å². The quantitative estimate of drug-likeness (QED) is 0.612. The summed E-state index contributed by atoms with van der Waals surface area (Å²) in [5, 5.41) is 4.08. The summed E-state index contributed by atoms with van der Waals surface area (Å²) < 4.78 is 27.6. The number of hydrogen-bond acceptors (Lipinski definition) is 6. The van der Waals surface area contributed by atoms with Crippen LogP contribution in [-0.4, -0.2) is 49.4 Å². The number of aromatic nitrogens is 4. The Hall–Kier alpha value is -2.97. The third-order valence-corrected chi connectivity index (χ3v) is 5.56. The van der Waals surface area contributed by atoms with E-state index >= 15 is 0 Å². The number of amides is 1. The summed E-state index contributed by atoms with van der Waals surface area (Å²) >= 11 is 0. The highest BCUT2D eigenvalue weighted by Gasteiger charge is 2.31. The van der Waals surface area contributed by atoms with Crippen LogP contribution in [0.15, 0.2) is 16.7 Å². The second-order valence-corrected chi connectivity index (χ2v) is 8.93. The molecule has 0 atom stereocenters. The van der Waals surface area contributed by atoms with E-state index in [1.54, 1.807) is 11.0 Å². The van der Waals surface area contributed by atoms with Gasteiger partial charge in [-0.25, -0.2) is 14.2 Å². The largest absolute Gasteiger partial charge is 0.444 e. The smallest absolute Gasteiger partial charge is 0.410 e. The van der Waals surface area contributed by atoms with Gasteiger partial charge >= 0.3 is 6.09 Å². The highest BCUT2D eigenvalue weighted by molar-refractivity contribution is 5.91. The standard InChI is InChI=1S/C22H28FN5O3/c1-6-16-24-15-8-7-14(23)17(18(15)27(16)5)19-25-20(31-26-19)13-9-11-28(12-10-13)21(29)30-22(2,3)4/h7-8,13H,6,9-12H2,1-5H3. The van der Waals surface area contributed by atoms with Crippen LogP contribution in [0, 0.1) is 5.82 Å². The number of hydrogen-bond donors (Lipinski definition) is 0. The predicted molar refractivity (Wildman–Crippen MR) is 113 cm³/mol. The van der Waals surface area contributed by atoms with Crippen LogP contribution in [0.3, 0.4) is 0 Å². The fraction of sp³-hybridized carbons (Fsp3) is 0.545. The van der Waals surface area contributed by atoms with Crippen LogP contribution in [0.4, 0.5) is 9.18 Å². The minimum absolute atomic E-state index is 0.0138. The second kappa shape index (κ2) is 7.94. The van der Waals surface area contributed by atoms with Gasteiger partial charge in [-0.1, -0.05) is 12.1 Å². The molecule has 31 heavy (non-hydrogen) atoms. The number of halogens is 1. The molecule has 1 fully saturated rings. The van der Waals surface area contributed by atoms with E-state index < -0.39 is 11.4 Å². The van der Waals surface area contributed by atoms with Gasteiger partial charge in [-0.2, -0.15) is 4.98 Å². The van der Waals surface area contributed by atoms with Gasteiger partial charge in [0.2, 0.25) is 11.7 Å². The number of carbonyl (C=O) groups excluding carboxylic acids is 1. The molecule has 0 bridgehead atoms. The molecule has 3 aromatic rings. The number of carbonyl (C=O) groups is 1. The number of piperidine rings is 1. The first-order valence-corrected chi connectivity index (χ1v) is 10.6. The zero-order valence-corrected chi connectivity index (χ0v) is 18.6. The van der Waals surface area contributed by atoms with Gasteiger partial charge in [0.05, 0.1) is 16.6 Å². The van der Waals surface area contributed by atoms with Crippen LogP contribution >= 0.6 is 0 Å². The van der Waals surface area contributed by atoms with Crippen LogP contribution in [0.5, 0.6) is 0 Å². The molecule has 3 heterocycles. The van der Waals surface area contributed by atoms with Crippen LogP contribution in [0.2, 0.25) is 0 Å². The number of benzene rings is 1. The number of likely N-dealkylation sites (tertiary alicyclic amines) is 1. The van der Waals surface area contributed by atoms with E-state index in [0.717, 1.165) is 12.2 Å². The summed E-state index contributed by atoms with van der Waals surface area (Å²) in [6.45, 7) is 8.65. The van der Waals surface area contributed by atoms with Gasteiger partial charge in [0.1, 0.15) is 17.2 Å². The van der Waals surface area contributed by atoms with Gasteiger partial charge in [-0.3, -0.25) is 0 Å². The van der Waals surface area contributed by atoms with E-state index in [1.807, 2.05) is 39.3 Å². The SMILES string of the molecule is CCc1nc2ccc(F)c(-c3noc(C4CCN(C(=O)OC(C)(C)C)CC4)n3)c2n1C. The van der Waals surface area contributed by atoms with E-state index in [-0.39, 0.29) is 17.8 Å². The molecule has 1 amide bonds. The molecule has 4 rings (SSSR count). The van der Waals surface area contributed by atoms with Crippen molar-refractivity contribution in [3.05, 3.63) is 29.7 Å². The van der Waals surface area contributed by atoms with E-state index in [2.05, 4.69) is 15.1 Å². The summed E-state index contributed by atoms with van der Waals surface area (Å²) in [7, 11) is 1.87. The maximum Gasteiger partial charge on any atom is 0.410 e. The topological polar surface area (TPSA) is 86.3 Å². The van der Waals surface area contributed by atoms with Crippen molar-refractivity contribution in [3.63, 3.8) is 0 Å². The summed E-state index contributed by atoms with van der Waals surface area (Å²) in [5.74, 6) is 1.15. The number of fused-ring (bicyclic) bond motifs is 1. The Balaban J connectivity index is 1.55. The van der Waals surface area contributed by atoms with Gasteiger partial charge in [-0.15, -0.1) is 0 Å². The molecule has 0 radical (unpaired) electrons. The molecule has 0 unspecified atom stereocenters. The zero-order valence-electron chi connectivity index (χ0n) is 18.6. The molecule has 0 aliphatic carbocycles. The Kier molecular flexibility index (Phi) is 5.45. The van der Waals surface area contributed by atoms with Gasteiger partial charge in [0.15, 0.2) is 0 Å². The molecule has 1 aromatic carbocycles. The van der Waals surface area contributed by atoms with Crippen molar-refractivity contribution in [2.75, 3.05) is 13.1 Å². The lowest BCUT2D eigenvalue weighted by Crippen LogP contribution is -2.41. The Bertz CT molecular complexity index is 1110. The average Bonchev–Trinajstić information content (AvgIpc) is 3.32.